The van der Waals surface area contributed by atoms with Gasteiger partial charge in [-0.3, -0.25) is 9.69 Å². The van der Waals surface area contributed by atoms with E-state index in [2.05, 4.69) is 15.5 Å². The second kappa shape index (κ2) is 6.52. The van der Waals surface area contributed by atoms with Crippen molar-refractivity contribution >= 4 is 11.9 Å². The number of rotatable bonds is 4. The summed E-state index contributed by atoms with van der Waals surface area (Å²) in [7, 11) is 0. The smallest absolute Gasteiger partial charge is 0.325 e. The number of amides is 3. The van der Waals surface area contributed by atoms with Crippen LogP contribution in [0.4, 0.5) is 4.79 Å². The molecule has 1 spiro atoms. The highest BCUT2D eigenvalue weighted by atomic mass is 16.3. The molecule has 0 unspecified atom stereocenters. The molecule has 3 N–H and O–H groups in total. The summed E-state index contributed by atoms with van der Waals surface area (Å²) < 4.78 is 0. The van der Waals surface area contributed by atoms with Crippen molar-refractivity contribution in [3.8, 4) is 0 Å². The van der Waals surface area contributed by atoms with Crippen LogP contribution in [-0.4, -0.2) is 77.8 Å². The van der Waals surface area contributed by atoms with Gasteiger partial charge in [-0.2, -0.15) is 0 Å². The van der Waals surface area contributed by atoms with E-state index in [0.29, 0.717) is 12.8 Å². The molecular formula is C15H26N4O3. The minimum Gasteiger partial charge on any atom is -0.396 e. The number of aliphatic hydroxyl groups is 1. The van der Waals surface area contributed by atoms with E-state index in [0.717, 1.165) is 52.0 Å². The Labute approximate surface area is 131 Å². The maximum atomic E-state index is 12.9. The zero-order chi connectivity index (χ0) is 15.6. The van der Waals surface area contributed by atoms with Gasteiger partial charge in [0.1, 0.15) is 5.54 Å². The SMILES string of the molecule is O=C1NC2(CCN(CCCO)CC2)C(=O)N1C1CCNCC1. The predicted molar refractivity (Wildman–Crippen MR) is 81.4 cm³/mol. The van der Waals surface area contributed by atoms with E-state index in [-0.39, 0.29) is 24.6 Å². The lowest BCUT2D eigenvalue weighted by Gasteiger charge is -2.38. The Kier molecular flexibility index (Phi) is 4.65. The first-order valence-corrected chi connectivity index (χ1v) is 8.36. The van der Waals surface area contributed by atoms with Gasteiger partial charge in [-0.15, -0.1) is 0 Å². The molecule has 0 bridgehead atoms. The number of aliphatic hydroxyl groups excluding tert-OH is 1. The van der Waals surface area contributed by atoms with Crippen LogP contribution in [-0.2, 0) is 4.79 Å². The maximum Gasteiger partial charge on any atom is 0.325 e. The van der Waals surface area contributed by atoms with Crippen molar-refractivity contribution in [1.82, 2.24) is 20.4 Å². The molecule has 0 aromatic rings. The molecule has 0 atom stereocenters. The molecule has 0 radical (unpaired) electrons. The number of carbonyl (C=O) groups excluding carboxylic acids is 2. The lowest BCUT2D eigenvalue weighted by Crippen LogP contribution is -2.55. The van der Waals surface area contributed by atoms with Crippen LogP contribution in [0.1, 0.15) is 32.1 Å². The summed E-state index contributed by atoms with van der Waals surface area (Å²) in [5.74, 6) is -0.0220. The standard InChI is InChI=1S/C15H26N4O3/c20-11-1-8-18-9-4-15(5-10-18)13(21)19(14(22)17-15)12-2-6-16-7-3-12/h12,16,20H,1-11H2,(H,17,22). The monoisotopic (exact) mass is 310 g/mol. The fraction of sp³-hybridized carbons (Fsp3) is 0.867. The van der Waals surface area contributed by atoms with E-state index in [1.54, 1.807) is 0 Å². The fourth-order valence-electron chi connectivity index (χ4n) is 3.83. The Balaban J connectivity index is 1.63. The molecule has 3 fully saturated rings. The van der Waals surface area contributed by atoms with E-state index in [9.17, 15) is 9.59 Å². The number of likely N-dealkylation sites (tertiary alicyclic amines) is 1. The number of piperidine rings is 2. The summed E-state index contributed by atoms with van der Waals surface area (Å²) in [5.41, 5.74) is -0.683. The van der Waals surface area contributed by atoms with Gasteiger partial charge in [0, 0.05) is 32.3 Å². The van der Waals surface area contributed by atoms with Gasteiger partial charge in [0.2, 0.25) is 0 Å². The van der Waals surface area contributed by atoms with Crippen molar-refractivity contribution in [3.63, 3.8) is 0 Å². The summed E-state index contributed by atoms with van der Waals surface area (Å²) >= 11 is 0. The van der Waals surface area contributed by atoms with Gasteiger partial charge in [-0.05, 0) is 45.2 Å². The second-order valence-electron chi connectivity index (χ2n) is 6.59. The molecule has 22 heavy (non-hydrogen) atoms. The molecule has 3 aliphatic rings. The highest BCUT2D eigenvalue weighted by molar-refractivity contribution is 6.07. The number of hydrogen-bond donors (Lipinski definition) is 3. The first-order chi connectivity index (χ1) is 10.7. The number of nitrogens with zero attached hydrogens (tertiary/aromatic N) is 2. The van der Waals surface area contributed by atoms with Crippen LogP contribution >= 0.6 is 0 Å². The number of carbonyl (C=O) groups is 2. The second-order valence-corrected chi connectivity index (χ2v) is 6.59. The highest BCUT2D eigenvalue weighted by Gasteiger charge is 2.53. The largest absolute Gasteiger partial charge is 0.396 e. The van der Waals surface area contributed by atoms with Gasteiger partial charge in [-0.1, -0.05) is 0 Å². The molecule has 3 amide bonds. The van der Waals surface area contributed by atoms with Crippen LogP contribution in [0.2, 0.25) is 0 Å². The molecule has 3 saturated heterocycles. The van der Waals surface area contributed by atoms with E-state index in [1.807, 2.05) is 0 Å². The van der Waals surface area contributed by atoms with Crippen molar-refractivity contribution in [2.24, 2.45) is 0 Å². The molecule has 124 valence electrons. The van der Waals surface area contributed by atoms with Gasteiger partial charge >= 0.3 is 6.03 Å². The molecule has 0 aliphatic carbocycles. The van der Waals surface area contributed by atoms with Gasteiger partial charge in [0.25, 0.3) is 5.91 Å². The average molecular weight is 310 g/mol. The topological polar surface area (TPSA) is 84.9 Å². The quantitative estimate of drug-likeness (QED) is 0.610. The van der Waals surface area contributed by atoms with Crippen LogP contribution in [0.3, 0.4) is 0 Å². The van der Waals surface area contributed by atoms with Crippen molar-refractivity contribution in [3.05, 3.63) is 0 Å². The van der Waals surface area contributed by atoms with Gasteiger partial charge in [0.05, 0.1) is 0 Å². The van der Waals surface area contributed by atoms with Crippen LogP contribution in [0.25, 0.3) is 0 Å². The summed E-state index contributed by atoms with van der Waals surface area (Å²) in [5, 5.41) is 15.2. The number of imide groups is 1. The van der Waals surface area contributed by atoms with Crippen molar-refractivity contribution in [1.29, 1.82) is 0 Å². The Hall–Kier alpha value is -1.18. The summed E-state index contributed by atoms with van der Waals surface area (Å²) in [6.45, 7) is 4.37. The lowest BCUT2D eigenvalue weighted by molar-refractivity contribution is -0.134. The van der Waals surface area contributed by atoms with Gasteiger partial charge in [-0.25, -0.2) is 4.79 Å². The third kappa shape index (κ3) is 2.85. The maximum absolute atomic E-state index is 12.9. The predicted octanol–water partition coefficient (Wildman–Crippen LogP) is -0.493. The van der Waals surface area contributed by atoms with Crippen molar-refractivity contribution in [2.45, 2.75) is 43.7 Å². The molecule has 7 nitrogen and oxygen atoms in total. The van der Waals surface area contributed by atoms with Crippen LogP contribution < -0.4 is 10.6 Å². The summed E-state index contributed by atoms with van der Waals surface area (Å²) in [6.07, 6.45) is 3.79. The molecular weight excluding hydrogens is 284 g/mol. The first-order valence-electron chi connectivity index (χ1n) is 8.36. The summed E-state index contributed by atoms with van der Waals surface area (Å²) in [6, 6.07) is -0.166. The Morgan fingerprint density at radius 3 is 2.50 bits per heavy atom. The fourth-order valence-corrected chi connectivity index (χ4v) is 3.83. The van der Waals surface area contributed by atoms with Crippen molar-refractivity contribution < 1.29 is 14.7 Å². The molecule has 0 saturated carbocycles. The zero-order valence-corrected chi connectivity index (χ0v) is 13.0. The third-order valence-electron chi connectivity index (χ3n) is 5.21. The minimum atomic E-state index is -0.683. The molecule has 3 rings (SSSR count). The van der Waals surface area contributed by atoms with Crippen LogP contribution in [0.5, 0.6) is 0 Å². The summed E-state index contributed by atoms with van der Waals surface area (Å²) in [4.78, 5) is 29.0. The highest BCUT2D eigenvalue weighted by Crippen LogP contribution is 2.32. The minimum absolute atomic E-state index is 0.0220. The van der Waals surface area contributed by atoms with Crippen LogP contribution in [0, 0.1) is 0 Å². The number of hydrogen-bond acceptors (Lipinski definition) is 5. The van der Waals surface area contributed by atoms with Crippen molar-refractivity contribution in [2.75, 3.05) is 39.3 Å². The molecule has 7 heteroatoms. The van der Waals surface area contributed by atoms with E-state index in [1.165, 1.54) is 4.90 Å². The first kappa shape index (κ1) is 15.7. The van der Waals surface area contributed by atoms with Gasteiger partial charge in [0.15, 0.2) is 0 Å². The zero-order valence-electron chi connectivity index (χ0n) is 13.0. The lowest BCUT2D eigenvalue weighted by atomic mass is 9.87. The van der Waals surface area contributed by atoms with E-state index in [4.69, 9.17) is 5.11 Å². The Morgan fingerprint density at radius 1 is 1.18 bits per heavy atom. The molecule has 3 heterocycles. The normalized spacial score (nSPS) is 26.7. The van der Waals surface area contributed by atoms with Crippen LogP contribution in [0.15, 0.2) is 0 Å². The van der Waals surface area contributed by atoms with E-state index < -0.39 is 5.54 Å². The third-order valence-corrected chi connectivity index (χ3v) is 5.21. The number of urea groups is 1. The Bertz CT molecular complexity index is 429. The van der Waals surface area contributed by atoms with Gasteiger partial charge < -0.3 is 20.6 Å². The molecule has 0 aromatic carbocycles. The average Bonchev–Trinajstić information content (AvgIpc) is 2.78. The number of nitrogens with one attached hydrogen (secondary N) is 2. The Morgan fingerprint density at radius 2 is 1.86 bits per heavy atom. The molecule has 0 aromatic heterocycles. The molecule has 3 aliphatic heterocycles. The van der Waals surface area contributed by atoms with E-state index >= 15 is 0 Å².